The van der Waals surface area contributed by atoms with Gasteiger partial charge in [-0.15, -0.1) is 0 Å². The molecule has 0 aliphatic rings. The molecule has 1 atom stereocenters. The molecule has 0 fully saturated rings. The van der Waals surface area contributed by atoms with E-state index >= 15 is 0 Å². The molecular formula is C50H50O10P2S. The molecule has 0 spiro atoms. The molecule has 10 nitrogen and oxygen atoms in total. The van der Waals surface area contributed by atoms with Gasteiger partial charge in [-0.25, -0.2) is 0 Å². The Morgan fingerprint density at radius 1 is 0.444 bits per heavy atom. The number of rotatable bonds is 18. The lowest BCUT2D eigenvalue weighted by molar-refractivity contribution is 0.111. The van der Waals surface area contributed by atoms with Gasteiger partial charge in [-0.2, -0.15) is 0 Å². The summed E-state index contributed by atoms with van der Waals surface area (Å²) in [7, 11) is -3.10. The number of methoxy groups -OCH3 is 1. The molecule has 0 aromatic heterocycles. The van der Waals surface area contributed by atoms with E-state index in [2.05, 4.69) is 53.7 Å². The van der Waals surface area contributed by atoms with E-state index in [1.54, 1.807) is 92.0 Å². The van der Waals surface area contributed by atoms with Gasteiger partial charge in [0.2, 0.25) is 0 Å². The Balaban J connectivity index is 1.52. The zero-order chi connectivity index (χ0) is 45.3. The van der Waals surface area contributed by atoms with Crippen LogP contribution < -0.4 is 31.9 Å². The summed E-state index contributed by atoms with van der Waals surface area (Å²) in [4.78, 5) is 37.9. The molecule has 0 amide bonds. The molecule has 0 aliphatic carbocycles. The zero-order valence-electron chi connectivity index (χ0n) is 36.7. The monoisotopic (exact) mass is 904 g/mol. The Morgan fingerprint density at radius 3 is 1.10 bits per heavy atom. The van der Waals surface area contributed by atoms with Gasteiger partial charge in [0.25, 0.3) is 0 Å². The summed E-state index contributed by atoms with van der Waals surface area (Å²) in [5.74, 6) is 2.63. The average molecular weight is 905 g/mol. The smallest absolute Gasteiger partial charge is 0.493 e. The molecule has 6 rings (SSSR count). The first kappa shape index (κ1) is 46.6. The number of hydrogen-bond donors (Lipinski definition) is 0. The van der Waals surface area contributed by atoms with E-state index in [0.717, 1.165) is 33.4 Å². The van der Waals surface area contributed by atoms with Crippen molar-refractivity contribution < 1.29 is 46.3 Å². The molecule has 0 saturated carbocycles. The largest absolute Gasteiger partial charge is 0.530 e. The van der Waals surface area contributed by atoms with Gasteiger partial charge in [0.1, 0.15) is 28.7 Å². The summed E-state index contributed by atoms with van der Waals surface area (Å²) in [5.41, 5.74) is 3.75. The van der Waals surface area contributed by atoms with Crippen molar-refractivity contribution in [2.45, 2.75) is 76.0 Å². The van der Waals surface area contributed by atoms with E-state index in [1.807, 2.05) is 38.1 Å². The van der Waals surface area contributed by atoms with E-state index in [9.17, 15) is 14.4 Å². The maximum Gasteiger partial charge on any atom is 0.530 e. The summed E-state index contributed by atoms with van der Waals surface area (Å²) in [6, 6.07) is 35.9. The topological polar surface area (TPSA) is 116 Å². The fourth-order valence-electron chi connectivity index (χ4n) is 6.31. The van der Waals surface area contributed by atoms with E-state index < -0.39 is 28.0 Å². The first-order valence-corrected chi connectivity index (χ1v) is 23.0. The molecule has 0 heterocycles. The molecule has 6 aromatic carbocycles. The van der Waals surface area contributed by atoms with E-state index in [0.29, 0.717) is 57.2 Å². The van der Waals surface area contributed by atoms with Crippen LogP contribution in [0.25, 0.3) is 0 Å². The van der Waals surface area contributed by atoms with Gasteiger partial charge in [-0.05, 0) is 96.5 Å². The molecule has 326 valence electrons. The number of ether oxygens (including phenoxy) is 1. The van der Waals surface area contributed by atoms with Crippen molar-refractivity contribution in [3.05, 3.63) is 160 Å². The SMILES string of the molecule is COc1ccccc1OP(Oc1ccccc1C=O)Oc1c(Sc2cc(C)cc(C(C)(C)C)c2OP(Oc2ccccc2C=O)Oc2ccccc2C=O)cc(C)cc1C(C)(C)C. The van der Waals surface area contributed by atoms with E-state index in [1.165, 1.54) is 11.8 Å². The fourth-order valence-corrected chi connectivity index (χ4v) is 9.86. The molecule has 0 saturated heterocycles. The van der Waals surface area contributed by atoms with Crippen molar-refractivity contribution in [1.29, 1.82) is 0 Å². The lowest BCUT2D eigenvalue weighted by atomic mass is 9.85. The second kappa shape index (κ2) is 20.5. The van der Waals surface area contributed by atoms with Gasteiger partial charge in [-0.1, -0.05) is 114 Å². The van der Waals surface area contributed by atoms with E-state index in [-0.39, 0.29) is 17.2 Å². The number of aldehydes is 3. The van der Waals surface area contributed by atoms with Crippen LogP contribution in [-0.2, 0) is 10.8 Å². The normalized spacial score (nSPS) is 11.9. The maximum atomic E-state index is 12.2. The minimum Gasteiger partial charge on any atom is -0.493 e. The van der Waals surface area contributed by atoms with Crippen molar-refractivity contribution in [3.63, 3.8) is 0 Å². The van der Waals surface area contributed by atoms with Crippen molar-refractivity contribution in [2.24, 2.45) is 0 Å². The number of carbonyl (C=O) groups excluding carboxylic acids is 3. The molecule has 63 heavy (non-hydrogen) atoms. The predicted molar refractivity (Wildman–Crippen MR) is 250 cm³/mol. The zero-order valence-corrected chi connectivity index (χ0v) is 39.3. The molecule has 6 aromatic rings. The number of para-hydroxylation sites is 5. The van der Waals surface area contributed by atoms with Crippen molar-refractivity contribution in [1.82, 2.24) is 0 Å². The van der Waals surface area contributed by atoms with E-state index in [4.69, 9.17) is 31.9 Å². The third-order valence-electron chi connectivity index (χ3n) is 9.46. The van der Waals surface area contributed by atoms with Crippen LogP contribution in [-0.4, -0.2) is 26.0 Å². The van der Waals surface area contributed by atoms with Crippen LogP contribution in [0.5, 0.6) is 40.2 Å². The Hall–Kier alpha value is -5.86. The minimum atomic E-state index is -2.36. The Kier molecular flexibility index (Phi) is 15.2. The summed E-state index contributed by atoms with van der Waals surface area (Å²) < 4.78 is 45.4. The van der Waals surface area contributed by atoms with Crippen LogP contribution in [0.2, 0.25) is 0 Å². The standard InChI is InChI=1S/C50H50O10P2S/c1-33-26-38(49(3,4)5)47(59-61(55-40-21-13-10-18-35(40)30-51)56-41-22-14-11-19-36(41)31-52)45(28-33)63-46-29-34(2)27-39(50(6,7)8)48(46)60-62(57-42-23-15-12-20-37(42)32-53)58-44-25-17-16-24-43(44)54-9/h10-32H,1-9H3. The number of hydrogen-bond acceptors (Lipinski definition) is 11. The Morgan fingerprint density at radius 2 is 0.762 bits per heavy atom. The first-order valence-electron chi connectivity index (χ1n) is 20.0. The third-order valence-corrected chi connectivity index (χ3v) is 12.6. The number of carbonyl (C=O) groups is 3. The number of aryl methyl sites for hydroxylation is 2. The second-order valence-electron chi connectivity index (χ2n) is 16.5. The molecule has 1 unspecified atom stereocenters. The highest BCUT2D eigenvalue weighted by molar-refractivity contribution is 7.99. The van der Waals surface area contributed by atoms with Crippen LogP contribution in [0.15, 0.2) is 131 Å². The highest BCUT2D eigenvalue weighted by atomic mass is 32.2. The van der Waals surface area contributed by atoms with Gasteiger partial charge in [0.15, 0.2) is 30.4 Å². The number of benzene rings is 6. The Labute approximate surface area is 376 Å². The fraction of sp³-hybridized carbons (Fsp3) is 0.220. The van der Waals surface area contributed by atoms with Crippen molar-refractivity contribution in [3.8, 4) is 40.2 Å². The van der Waals surface area contributed by atoms with Crippen LogP contribution >= 0.6 is 29.0 Å². The molecule has 0 bridgehead atoms. The lowest BCUT2D eigenvalue weighted by Crippen LogP contribution is -2.16. The highest BCUT2D eigenvalue weighted by Gasteiger charge is 2.33. The Bertz CT molecular complexity index is 2530. The van der Waals surface area contributed by atoms with Crippen molar-refractivity contribution in [2.75, 3.05) is 7.11 Å². The molecule has 0 N–H and O–H groups in total. The molecule has 0 aliphatic heterocycles. The van der Waals surface area contributed by atoms with Crippen molar-refractivity contribution >= 4 is 47.8 Å². The molecule has 13 heteroatoms. The summed E-state index contributed by atoms with van der Waals surface area (Å²) >= 11 is 1.42. The third kappa shape index (κ3) is 11.8. The lowest BCUT2D eigenvalue weighted by Gasteiger charge is -2.29. The van der Waals surface area contributed by atoms with Crippen LogP contribution in [0, 0.1) is 13.8 Å². The van der Waals surface area contributed by atoms with Crippen LogP contribution in [0.4, 0.5) is 0 Å². The van der Waals surface area contributed by atoms with Crippen LogP contribution in [0.3, 0.4) is 0 Å². The highest BCUT2D eigenvalue weighted by Crippen LogP contribution is 2.55. The quantitative estimate of drug-likeness (QED) is 0.0606. The maximum absolute atomic E-state index is 12.2. The van der Waals surface area contributed by atoms with Gasteiger partial charge < -0.3 is 31.9 Å². The summed E-state index contributed by atoms with van der Waals surface area (Å²) in [6.45, 7) is 16.6. The molecule has 0 radical (unpaired) electrons. The van der Waals surface area contributed by atoms with Gasteiger partial charge in [0.05, 0.1) is 33.6 Å². The van der Waals surface area contributed by atoms with Gasteiger partial charge in [-0.3, -0.25) is 14.4 Å². The first-order chi connectivity index (χ1) is 30.1. The molecular weight excluding hydrogens is 855 g/mol. The summed E-state index contributed by atoms with van der Waals surface area (Å²) in [5, 5.41) is 0. The second-order valence-corrected chi connectivity index (χ2v) is 19.6. The summed E-state index contributed by atoms with van der Waals surface area (Å²) in [6.07, 6.45) is 2.13. The minimum absolute atomic E-state index is 0.254. The van der Waals surface area contributed by atoms with Gasteiger partial charge >= 0.3 is 17.2 Å². The average Bonchev–Trinajstić information content (AvgIpc) is 3.25. The van der Waals surface area contributed by atoms with Gasteiger partial charge in [0, 0.05) is 11.1 Å². The van der Waals surface area contributed by atoms with Crippen LogP contribution in [0.1, 0.15) is 94.9 Å². The predicted octanol–water partition coefficient (Wildman–Crippen LogP) is 14.0.